The van der Waals surface area contributed by atoms with Crippen LogP contribution in [0.2, 0.25) is 0 Å². The number of carbonyl (C=O) groups excluding carboxylic acids is 1. The predicted molar refractivity (Wildman–Crippen MR) is 45.2 cm³/mol. The SMILES string of the molecule is CC(=O)N1C(C)[C@@H](C)C[C@H]1C#N. The van der Waals surface area contributed by atoms with Crippen molar-refractivity contribution in [1.82, 2.24) is 4.90 Å². The summed E-state index contributed by atoms with van der Waals surface area (Å²) in [4.78, 5) is 12.8. The molecule has 0 aromatic carbocycles. The van der Waals surface area contributed by atoms with E-state index in [0.717, 1.165) is 6.42 Å². The van der Waals surface area contributed by atoms with Crippen LogP contribution in [-0.2, 0) is 4.79 Å². The topological polar surface area (TPSA) is 44.1 Å². The van der Waals surface area contributed by atoms with Crippen molar-refractivity contribution >= 4 is 5.91 Å². The summed E-state index contributed by atoms with van der Waals surface area (Å²) in [7, 11) is 0. The van der Waals surface area contributed by atoms with E-state index in [1.165, 1.54) is 6.92 Å². The van der Waals surface area contributed by atoms with E-state index in [0.29, 0.717) is 5.92 Å². The Morgan fingerprint density at radius 2 is 2.17 bits per heavy atom. The van der Waals surface area contributed by atoms with Crippen molar-refractivity contribution in [3.05, 3.63) is 0 Å². The minimum atomic E-state index is -0.201. The highest BCUT2D eigenvalue weighted by molar-refractivity contribution is 5.74. The van der Waals surface area contributed by atoms with Crippen LogP contribution in [0.5, 0.6) is 0 Å². The van der Waals surface area contributed by atoms with Crippen LogP contribution in [0.1, 0.15) is 27.2 Å². The van der Waals surface area contributed by atoms with E-state index in [1.807, 2.05) is 6.92 Å². The standard InChI is InChI=1S/C9H14N2O/c1-6-4-9(5-10)11(7(6)2)8(3)12/h6-7,9H,4H2,1-3H3/t6-,7?,9-/m0/s1. The van der Waals surface area contributed by atoms with Crippen molar-refractivity contribution in [1.29, 1.82) is 5.26 Å². The van der Waals surface area contributed by atoms with Gasteiger partial charge in [0.1, 0.15) is 6.04 Å². The van der Waals surface area contributed by atoms with Crippen LogP contribution in [-0.4, -0.2) is 22.9 Å². The Morgan fingerprint density at radius 1 is 1.58 bits per heavy atom. The maximum atomic E-state index is 11.1. The Bertz CT molecular complexity index is 231. The van der Waals surface area contributed by atoms with Crippen LogP contribution in [0.15, 0.2) is 0 Å². The van der Waals surface area contributed by atoms with Crippen LogP contribution in [0.25, 0.3) is 0 Å². The van der Waals surface area contributed by atoms with Crippen molar-refractivity contribution in [3.8, 4) is 6.07 Å². The first-order valence-corrected chi connectivity index (χ1v) is 4.26. The highest BCUT2D eigenvalue weighted by Crippen LogP contribution is 2.28. The molecule has 66 valence electrons. The van der Waals surface area contributed by atoms with Crippen LogP contribution in [0.4, 0.5) is 0 Å². The molecule has 1 unspecified atom stereocenters. The van der Waals surface area contributed by atoms with Crippen LogP contribution >= 0.6 is 0 Å². The molecule has 1 heterocycles. The number of likely N-dealkylation sites (tertiary alicyclic amines) is 1. The summed E-state index contributed by atoms with van der Waals surface area (Å²) >= 11 is 0. The number of nitrogens with zero attached hydrogens (tertiary/aromatic N) is 2. The van der Waals surface area contributed by atoms with Gasteiger partial charge in [0, 0.05) is 13.0 Å². The summed E-state index contributed by atoms with van der Waals surface area (Å²) in [6.45, 7) is 5.61. The van der Waals surface area contributed by atoms with Gasteiger partial charge in [-0.1, -0.05) is 6.92 Å². The lowest BCUT2D eigenvalue weighted by Gasteiger charge is -2.23. The van der Waals surface area contributed by atoms with E-state index in [9.17, 15) is 4.79 Å². The first-order valence-electron chi connectivity index (χ1n) is 4.26. The summed E-state index contributed by atoms with van der Waals surface area (Å²) in [6, 6.07) is 2.17. The van der Waals surface area contributed by atoms with E-state index in [1.54, 1.807) is 4.90 Å². The third-order valence-corrected chi connectivity index (χ3v) is 2.71. The van der Waals surface area contributed by atoms with Crippen molar-refractivity contribution in [2.45, 2.75) is 39.3 Å². The molecule has 1 fully saturated rings. The summed E-state index contributed by atoms with van der Waals surface area (Å²) in [5, 5.41) is 8.78. The summed E-state index contributed by atoms with van der Waals surface area (Å²) in [5.41, 5.74) is 0. The fraction of sp³-hybridized carbons (Fsp3) is 0.778. The van der Waals surface area contributed by atoms with Gasteiger partial charge in [0.25, 0.3) is 0 Å². The van der Waals surface area contributed by atoms with Crippen molar-refractivity contribution in [2.24, 2.45) is 5.92 Å². The second-order valence-corrected chi connectivity index (χ2v) is 3.52. The molecule has 1 saturated heterocycles. The van der Waals surface area contributed by atoms with Gasteiger partial charge in [-0.05, 0) is 19.3 Å². The molecule has 0 spiro atoms. The second kappa shape index (κ2) is 3.14. The molecule has 0 saturated carbocycles. The Kier molecular flexibility index (Phi) is 2.37. The van der Waals surface area contributed by atoms with Gasteiger partial charge in [-0.25, -0.2) is 0 Å². The van der Waals surface area contributed by atoms with Gasteiger partial charge in [0.05, 0.1) is 6.07 Å². The number of amides is 1. The lowest BCUT2D eigenvalue weighted by atomic mass is 10.0. The molecule has 12 heavy (non-hydrogen) atoms. The Balaban J connectivity index is 2.82. The van der Waals surface area contributed by atoms with Gasteiger partial charge in [-0.15, -0.1) is 0 Å². The number of hydrogen-bond donors (Lipinski definition) is 0. The fourth-order valence-corrected chi connectivity index (χ4v) is 1.84. The minimum absolute atomic E-state index is 0.0124. The molecule has 3 atom stereocenters. The fourth-order valence-electron chi connectivity index (χ4n) is 1.84. The third-order valence-electron chi connectivity index (χ3n) is 2.71. The van der Waals surface area contributed by atoms with E-state index >= 15 is 0 Å². The van der Waals surface area contributed by atoms with Crippen LogP contribution in [0.3, 0.4) is 0 Å². The van der Waals surface area contributed by atoms with Crippen LogP contribution in [0, 0.1) is 17.2 Å². The first kappa shape index (κ1) is 9.05. The average Bonchev–Trinajstić information content (AvgIpc) is 2.28. The molecule has 0 bridgehead atoms. The predicted octanol–water partition coefficient (Wildman–Crippen LogP) is 1.16. The van der Waals surface area contributed by atoms with Gasteiger partial charge in [-0.2, -0.15) is 5.26 Å². The number of hydrogen-bond acceptors (Lipinski definition) is 2. The zero-order valence-corrected chi connectivity index (χ0v) is 7.74. The maximum Gasteiger partial charge on any atom is 0.220 e. The second-order valence-electron chi connectivity index (χ2n) is 3.52. The largest absolute Gasteiger partial charge is 0.324 e. The van der Waals surface area contributed by atoms with Gasteiger partial charge >= 0.3 is 0 Å². The Hall–Kier alpha value is -1.04. The van der Waals surface area contributed by atoms with Crippen molar-refractivity contribution < 1.29 is 4.79 Å². The third kappa shape index (κ3) is 1.29. The van der Waals surface area contributed by atoms with Gasteiger partial charge in [0.2, 0.25) is 5.91 Å². The molecule has 0 aromatic heterocycles. The molecule has 0 N–H and O–H groups in total. The molecule has 0 aliphatic carbocycles. The van der Waals surface area contributed by atoms with Gasteiger partial charge < -0.3 is 4.90 Å². The minimum Gasteiger partial charge on any atom is -0.324 e. The zero-order valence-electron chi connectivity index (χ0n) is 7.74. The monoisotopic (exact) mass is 166 g/mol. The zero-order chi connectivity index (χ0) is 9.30. The molecule has 3 nitrogen and oxygen atoms in total. The lowest BCUT2D eigenvalue weighted by molar-refractivity contribution is -0.130. The van der Waals surface area contributed by atoms with Crippen molar-refractivity contribution in [3.63, 3.8) is 0 Å². The van der Waals surface area contributed by atoms with Gasteiger partial charge in [-0.3, -0.25) is 4.79 Å². The summed E-state index contributed by atoms with van der Waals surface area (Å²) in [5.74, 6) is 0.456. The molecule has 1 aliphatic rings. The average molecular weight is 166 g/mol. The molecule has 1 rings (SSSR count). The first-order chi connectivity index (χ1) is 5.57. The highest BCUT2D eigenvalue weighted by Gasteiger charge is 2.37. The molecule has 1 amide bonds. The molecular weight excluding hydrogens is 152 g/mol. The van der Waals surface area contributed by atoms with Gasteiger partial charge in [0.15, 0.2) is 0 Å². The number of carbonyl (C=O) groups is 1. The maximum absolute atomic E-state index is 11.1. The number of rotatable bonds is 0. The smallest absolute Gasteiger partial charge is 0.220 e. The summed E-state index contributed by atoms with van der Waals surface area (Å²) in [6.07, 6.45) is 0.817. The normalized spacial score (nSPS) is 34.8. The summed E-state index contributed by atoms with van der Waals surface area (Å²) < 4.78 is 0. The van der Waals surface area contributed by atoms with E-state index in [2.05, 4.69) is 13.0 Å². The Morgan fingerprint density at radius 3 is 2.50 bits per heavy atom. The molecule has 0 aromatic rings. The lowest BCUT2D eigenvalue weighted by Crippen LogP contribution is -2.38. The molecule has 3 heteroatoms. The van der Waals surface area contributed by atoms with Crippen molar-refractivity contribution in [2.75, 3.05) is 0 Å². The van der Waals surface area contributed by atoms with E-state index < -0.39 is 0 Å². The van der Waals surface area contributed by atoms with E-state index in [4.69, 9.17) is 5.26 Å². The van der Waals surface area contributed by atoms with Crippen LogP contribution < -0.4 is 0 Å². The molecular formula is C9H14N2O. The quantitative estimate of drug-likeness (QED) is 0.542. The molecule has 1 aliphatic heterocycles. The Labute approximate surface area is 73.0 Å². The highest BCUT2D eigenvalue weighted by atomic mass is 16.2. The van der Waals surface area contributed by atoms with E-state index in [-0.39, 0.29) is 18.0 Å². The molecule has 0 radical (unpaired) electrons. The number of nitriles is 1.